The monoisotopic (exact) mass is 284 g/mol. The Balaban J connectivity index is 1.52. The predicted molar refractivity (Wildman–Crippen MR) is 85.3 cm³/mol. The topological polar surface area (TPSA) is 42.3 Å². The molecule has 4 nitrogen and oxygen atoms in total. The van der Waals surface area contributed by atoms with E-state index >= 15 is 0 Å². The number of nitrogens with zero attached hydrogens (tertiary/aromatic N) is 3. The second-order valence-electron chi connectivity index (χ2n) is 6.46. The van der Waals surface area contributed by atoms with E-state index in [-0.39, 0.29) is 0 Å². The van der Waals surface area contributed by atoms with Gasteiger partial charge in [-0.2, -0.15) is 5.26 Å². The molecule has 1 heterocycles. The third-order valence-electron chi connectivity index (χ3n) is 4.38. The van der Waals surface area contributed by atoms with Crippen molar-refractivity contribution in [3.05, 3.63) is 30.3 Å². The maximum atomic E-state index is 9.47. The maximum absolute atomic E-state index is 9.47. The van der Waals surface area contributed by atoms with Crippen molar-refractivity contribution in [1.82, 2.24) is 10.2 Å². The highest BCUT2D eigenvalue weighted by molar-refractivity contribution is 5.46. The van der Waals surface area contributed by atoms with Gasteiger partial charge in [0.05, 0.1) is 6.07 Å². The second kappa shape index (κ2) is 6.05. The number of rotatable bonds is 5. The molecule has 1 saturated heterocycles. The van der Waals surface area contributed by atoms with Crippen molar-refractivity contribution < 1.29 is 0 Å². The molecular formula is C17H24N4. The van der Waals surface area contributed by atoms with E-state index in [1.807, 2.05) is 6.92 Å². The summed E-state index contributed by atoms with van der Waals surface area (Å²) in [6.45, 7) is 6.98. The van der Waals surface area contributed by atoms with Gasteiger partial charge in [-0.1, -0.05) is 18.2 Å². The van der Waals surface area contributed by atoms with Gasteiger partial charge in [-0.05, 0) is 31.9 Å². The smallest absolute Gasteiger partial charge is 0.116 e. The third kappa shape index (κ3) is 3.75. The highest BCUT2D eigenvalue weighted by Crippen LogP contribution is 2.23. The number of anilines is 1. The lowest BCUT2D eigenvalue weighted by atomic mass is 10.0. The Morgan fingerprint density at radius 1 is 1.19 bits per heavy atom. The maximum Gasteiger partial charge on any atom is 0.116 e. The van der Waals surface area contributed by atoms with Gasteiger partial charge in [-0.25, -0.2) is 0 Å². The standard InChI is InChI=1S/C17H24N4/c1-17(13-18,19-15-7-8-15)14-20-9-11-21(12-10-20)16-5-3-2-4-6-16/h2-6,15,19H,7-12,14H2,1H3. The van der Waals surface area contributed by atoms with E-state index < -0.39 is 5.54 Å². The van der Waals surface area contributed by atoms with Crippen LogP contribution in [0.5, 0.6) is 0 Å². The average molecular weight is 284 g/mol. The van der Waals surface area contributed by atoms with E-state index in [1.165, 1.54) is 18.5 Å². The molecule has 2 aliphatic rings. The fraction of sp³-hybridized carbons (Fsp3) is 0.588. The van der Waals surface area contributed by atoms with Gasteiger partial charge in [0.25, 0.3) is 0 Å². The van der Waals surface area contributed by atoms with Gasteiger partial charge < -0.3 is 4.90 Å². The zero-order chi connectivity index (χ0) is 14.7. The molecule has 0 amide bonds. The van der Waals surface area contributed by atoms with Crippen molar-refractivity contribution in [2.75, 3.05) is 37.6 Å². The quantitative estimate of drug-likeness (QED) is 0.896. The van der Waals surface area contributed by atoms with Crippen LogP contribution in [-0.2, 0) is 0 Å². The highest BCUT2D eigenvalue weighted by atomic mass is 15.3. The number of nitriles is 1. The first-order valence-corrected chi connectivity index (χ1v) is 7.90. The van der Waals surface area contributed by atoms with Crippen LogP contribution in [0.4, 0.5) is 5.69 Å². The molecule has 0 aromatic heterocycles. The molecule has 4 heteroatoms. The number of piperazine rings is 1. The molecule has 2 fully saturated rings. The lowest BCUT2D eigenvalue weighted by Gasteiger charge is -2.39. The van der Waals surface area contributed by atoms with Crippen molar-refractivity contribution in [2.45, 2.75) is 31.3 Å². The molecule has 1 N–H and O–H groups in total. The minimum absolute atomic E-state index is 0.407. The molecule has 3 rings (SSSR count). The molecule has 21 heavy (non-hydrogen) atoms. The van der Waals surface area contributed by atoms with Gasteiger partial charge in [-0.3, -0.25) is 10.2 Å². The summed E-state index contributed by atoms with van der Waals surface area (Å²) in [5.41, 5.74) is 0.895. The molecule has 112 valence electrons. The van der Waals surface area contributed by atoms with Gasteiger partial charge >= 0.3 is 0 Å². The van der Waals surface area contributed by atoms with Gasteiger partial charge in [0, 0.05) is 44.5 Å². The largest absolute Gasteiger partial charge is 0.369 e. The Kier molecular flexibility index (Phi) is 4.14. The van der Waals surface area contributed by atoms with Gasteiger partial charge in [0.1, 0.15) is 5.54 Å². The second-order valence-corrected chi connectivity index (χ2v) is 6.46. The van der Waals surface area contributed by atoms with Crippen molar-refractivity contribution >= 4 is 5.69 Å². The van der Waals surface area contributed by atoms with Crippen LogP contribution in [0.2, 0.25) is 0 Å². The molecule has 0 spiro atoms. The molecule has 0 radical (unpaired) electrons. The summed E-state index contributed by atoms with van der Waals surface area (Å²) < 4.78 is 0. The van der Waals surface area contributed by atoms with Crippen LogP contribution in [0.25, 0.3) is 0 Å². The van der Waals surface area contributed by atoms with Gasteiger partial charge in [-0.15, -0.1) is 0 Å². The van der Waals surface area contributed by atoms with Crippen LogP contribution < -0.4 is 10.2 Å². The van der Waals surface area contributed by atoms with Crippen molar-refractivity contribution in [1.29, 1.82) is 5.26 Å². The average Bonchev–Trinajstić information content (AvgIpc) is 3.32. The summed E-state index contributed by atoms with van der Waals surface area (Å²) in [5.74, 6) is 0. The van der Waals surface area contributed by atoms with E-state index in [9.17, 15) is 5.26 Å². The van der Waals surface area contributed by atoms with Gasteiger partial charge in [0.2, 0.25) is 0 Å². The van der Waals surface area contributed by atoms with Crippen molar-refractivity contribution in [3.8, 4) is 6.07 Å². The van der Waals surface area contributed by atoms with Crippen LogP contribution in [0.15, 0.2) is 30.3 Å². The Hall–Kier alpha value is -1.57. The first kappa shape index (κ1) is 14.4. The minimum Gasteiger partial charge on any atom is -0.369 e. The number of hydrogen-bond acceptors (Lipinski definition) is 4. The van der Waals surface area contributed by atoms with E-state index in [2.05, 4.69) is 51.5 Å². The summed E-state index contributed by atoms with van der Waals surface area (Å²) in [5, 5.41) is 13.0. The summed E-state index contributed by atoms with van der Waals surface area (Å²) in [7, 11) is 0. The summed E-state index contributed by atoms with van der Waals surface area (Å²) >= 11 is 0. The van der Waals surface area contributed by atoms with Crippen molar-refractivity contribution in [3.63, 3.8) is 0 Å². The molecule has 1 aliphatic heterocycles. The Morgan fingerprint density at radius 3 is 2.43 bits per heavy atom. The van der Waals surface area contributed by atoms with Crippen LogP contribution in [0, 0.1) is 11.3 Å². The van der Waals surface area contributed by atoms with E-state index in [1.54, 1.807) is 0 Å². The lowest BCUT2D eigenvalue weighted by molar-refractivity contribution is 0.208. The van der Waals surface area contributed by atoms with Crippen LogP contribution in [0.3, 0.4) is 0 Å². The molecule has 1 aromatic rings. The van der Waals surface area contributed by atoms with Gasteiger partial charge in [0.15, 0.2) is 0 Å². The molecule has 1 aliphatic carbocycles. The Bertz CT molecular complexity index is 497. The zero-order valence-corrected chi connectivity index (χ0v) is 12.8. The Morgan fingerprint density at radius 2 is 1.86 bits per heavy atom. The van der Waals surface area contributed by atoms with E-state index in [0.717, 1.165) is 32.7 Å². The molecule has 1 aromatic carbocycles. The molecule has 1 saturated carbocycles. The molecule has 1 unspecified atom stereocenters. The summed E-state index contributed by atoms with van der Waals surface area (Å²) in [6, 6.07) is 13.6. The highest BCUT2D eigenvalue weighted by Gasteiger charge is 2.34. The first-order valence-electron chi connectivity index (χ1n) is 7.90. The number of hydrogen-bond donors (Lipinski definition) is 1. The first-order chi connectivity index (χ1) is 10.2. The fourth-order valence-electron chi connectivity index (χ4n) is 3.04. The SMILES string of the molecule is CC(C#N)(CN1CCN(c2ccccc2)CC1)NC1CC1. The van der Waals surface area contributed by atoms with Crippen LogP contribution >= 0.6 is 0 Å². The lowest BCUT2D eigenvalue weighted by Crippen LogP contribution is -2.56. The third-order valence-corrected chi connectivity index (χ3v) is 4.38. The van der Waals surface area contributed by atoms with E-state index in [0.29, 0.717) is 6.04 Å². The zero-order valence-electron chi connectivity index (χ0n) is 12.8. The van der Waals surface area contributed by atoms with Crippen LogP contribution in [-0.4, -0.2) is 49.2 Å². The normalized spacial score (nSPS) is 22.6. The Labute approximate surface area is 127 Å². The fourth-order valence-corrected chi connectivity index (χ4v) is 3.04. The van der Waals surface area contributed by atoms with E-state index in [4.69, 9.17) is 0 Å². The van der Waals surface area contributed by atoms with Crippen LogP contribution in [0.1, 0.15) is 19.8 Å². The number of para-hydroxylation sites is 1. The van der Waals surface area contributed by atoms with Crippen molar-refractivity contribution in [2.24, 2.45) is 0 Å². The molecule has 1 atom stereocenters. The summed E-state index contributed by atoms with van der Waals surface area (Å²) in [4.78, 5) is 4.84. The molecular weight excluding hydrogens is 260 g/mol. The minimum atomic E-state index is -0.407. The molecule has 0 bridgehead atoms. The predicted octanol–water partition coefficient (Wildman–Crippen LogP) is 1.84. The summed E-state index contributed by atoms with van der Waals surface area (Å²) in [6.07, 6.45) is 2.44. The number of benzene rings is 1. The number of nitrogens with one attached hydrogen (secondary N) is 1.